The lowest BCUT2D eigenvalue weighted by atomic mass is 10.0. The summed E-state index contributed by atoms with van der Waals surface area (Å²) in [5.41, 5.74) is 0.764. The standard InChI is InChI=1S/C14H16N2O3/c1-3-4-8-16(2)14(19)10-7-5-6-9-11(10)13(18)15-12(9)17/h5-7H,3-4,8H2,1-2H3,(H,15,17,18). The molecule has 0 atom stereocenters. The number of hydrogen-bond acceptors (Lipinski definition) is 3. The Labute approximate surface area is 111 Å². The first-order valence-corrected chi connectivity index (χ1v) is 6.30. The maximum absolute atomic E-state index is 12.3. The molecule has 2 rings (SSSR count). The van der Waals surface area contributed by atoms with E-state index in [1.54, 1.807) is 30.1 Å². The summed E-state index contributed by atoms with van der Waals surface area (Å²) in [6.07, 6.45) is 1.89. The van der Waals surface area contributed by atoms with Gasteiger partial charge < -0.3 is 4.90 Å². The molecule has 0 radical (unpaired) electrons. The van der Waals surface area contributed by atoms with Gasteiger partial charge in [0.1, 0.15) is 0 Å². The molecule has 5 heteroatoms. The third kappa shape index (κ3) is 2.36. The summed E-state index contributed by atoms with van der Waals surface area (Å²) < 4.78 is 0. The van der Waals surface area contributed by atoms with Gasteiger partial charge in [-0.05, 0) is 18.6 Å². The zero-order valence-corrected chi connectivity index (χ0v) is 11.0. The van der Waals surface area contributed by atoms with Crippen LogP contribution in [0.3, 0.4) is 0 Å². The Hall–Kier alpha value is -2.17. The van der Waals surface area contributed by atoms with Gasteiger partial charge in [0.2, 0.25) is 0 Å². The first-order valence-electron chi connectivity index (χ1n) is 6.30. The minimum Gasteiger partial charge on any atom is -0.342 e. The van der Waals surface area contributed by atoms with Crippen molar-refractivity contribution in [3.63, 3.8) is 0 Å². The number of carbonyl (C=O) groups is 3. The highest BCUT2D eigenvalue weighted by molar-refractivity contribution is 6.25. The number of nitrogens with one attached hydrogen (secondary N) is 1. The maximum Gasteiger partial charge on any atom is 0.259 e. The number of nitrogens with zero attached hydrogens (tertiary/aromatic N) is 1. The number of fused-ring (bicyclic) bond motifs is 1. The van der Waals surface area contributed by atoms with Crippen LogP contribution in [0.4, 0.5) is 0 Å². The van der Waals surface area contributed by atoms with Crippen LogP contribution in [-0.4, -0.2) is 36.2 Å². The van der Waals surface area contributed by atoms with Crippen LogP contribution in [0.5, 0.6) is 0 Å². The highest BCUT2D eigenvalue weighted by Gasteiger charge is 2.31. The second-order valence-corrected chi connectivity index (χ2v) is 4.59. The van der Waals surface area contributed by atoms with Crippen LogP contribution in [0, 0.1) is 0 Å². The van der Waals surface area contributed by atoms with Crippen LogP contribution in [0.1, 0.15) is 50.8 Å². The molecule has 1 aliphatic rings. The van der Waals surface area contributed by atoms with E-state index in [0.717, 1.165) is 12.8 Å². The monoisotopic (exact) mass is 260 g/mol. The van der Waals surface area contributed by atoms with E-state index >= 15 is 0 Å². The minimum absolute atomic E-state index is 0.195. The van der Waals surface area contributed by atoms with Crippen molar-refractivity contribution in [1.29, 1.82) is 0 Å². The molecule has 0 aliphatic carbocycles. The lowest BCUT2D eigenvalue weighted by Gasteiger charge is -2.17. The molecule has 0 spiro atoms. The minimum atomic E-state index is -0.493. The molecule has 0 aromatic heterocycles. The van der Waals surface area contributed by atoms with E-state index in [9.17, 15) is 14.4 Å². The molecule has 0 unspecified atom stereocenters. The van der Waals surface area contributed by atoms with Crippen LogP contribution in [0.25, 0.3) is 0 Å². The van der Waals surface area contributed by atoms with E-state index in [1.165, 1.54) is 0 Å². The molecular weight excluding hydrogens is 244 g/mol. The molecule has 0 saturated carbocycles. The number of carbonyl (C=O) groups excluding carboxylic acids is 3. The molecule has 0 saturated heterocycles. The number of amides is 3. The number of hydrogen-bond donors (Lipinski definition) is 1. The summed E-state index contributed by atoms with van der Waals surface area (Å²) in [6.45, 7) is 2.68. The fourth-order valence-electron chi connectivity index (χ4n) is 2.10. The summed E-state index contributed by atoms with van der Waals surface area (Å²) in [6, 6.07) is 4.76. The Morgan fingerprint density at radius 3 is 2.68 bits per heavy atom. The van der Waals surface area contributed by atoms with Crippen molar-refractivity contribution in [2.24, 2.45) is 0 Å². The van der Waals surface area contributed by atoms with Crippen LogP contribution in [0.15, 0.2) is 18.2 Å². The quantitative estimate of drug-likeness (QED) is 0.833. The van der Waals surface area contributed by atoms with Gasteiger partial charge in [-0.1, -0.05) is 19.4 Å². The van der Waals surface area contributed by atoms with Crippen LogP contribution in [-0.2, 0) is 0 Å². The Morgan fingerprint density at radius 1 is 1.26 bits per heavy atom. The summed E-state index contributed by atoms with van der Waals surface area (Å²) in [7, 11) is 1.70. The van der Waals surface area contributed by atoms with E-state index in [0.29, 0.717) is 12.1 Å². The fourth-order valence-corrected chi connectivity index (χ4v) is 2.10. The van der Waals surface area contributed by atoms with Gasteiger partial charge in [0.05, 0.1) is 16.7 Å². The largest absolute Gasteiger partial charge is 0.342 e. The van der Waals surface area contributed by atoms with E-state index in [1.807, 2.05) is 6.92 Å². The molecule has 3 amide bonds. The average Bonchev–Trinajstić information content (AvgIpc) is 2.70. The van der Waals surface area contributed by atoms with Gasteiger partial charge in [0.25, 0.3) is 17.7 Å². The Kier molecular flexibility index (Phi) is 3.64. The van der Waals surface area contributed by atoms with Gasteiger partial charge >= 0.3 is 0 Å². The Bertz CT molecular complexity index is 552. The maximum atomic E-state index is 12.3. The average molecular weight is 260 g/mol. The molecule has 0 bridgehead atoms. The Balaban J connectivity index is 2.34. The molecular formula is C14H16N2O3. The van der Waals surface area contributed by atoms with Crippen molar-refractivity contribution in [3.8, 4) is 0 Å². The van der Waals surface area contributed by atoms with Crippen molar-refractivity contribution in [2.75, 3.05) is 13.6 Å². The van der Waals surface area contributed by atoms with Crippen molar-refractivity contribution >= 4 is 17.7 Å². The van der Waals surface area contributed by atoms with E-state index < -0.39 is 11.8 Å². The van der Waals surface area contributed by atoms with Gasteiger partial charge in [-0.25, -0.2) is 0 Å². The summed E-state index contributed by atoms with van der Waals surface area (Å²) in [4.78, 5) is 37.1. The first kappa shape index (κ1) is 13.3. The number of rotatable bonds is 4. The molecule has 100 valence electrons. The fraction of sp³-hybridized carbons (Fsp3) is 0.357. The van der Waals surface area contributed by atoms with Crippen molar-refractivity contribution in [1.82, 2.24) is 10.2 Å². The number of benzene rings is 1. The second-order valence-electron chi connectivity index (χ2n) is 4.59. The van der Waals surface area contributed by atoms with E-state index in [-0.39, 0.29) is 17.0 Å². The topological polar surface area (TPSA) is 66.5 Å². The highest BCUT2D eigenvalue weighted by atomic mass is 16.2. The highest BCUT2D eigenvalue weighted by Crippen LogP contribution is 2.21. The SMILES string of the molecule is CCCCN(C)C(=O)c1cccc2c1C(=O)NC2=O. The van der Waals surface area contributed by atoms with Crippen LogP contribution < -0.4 is 5.32 Å². The zero-order valence-electron chi connectivity index (χ0n) is 11.0. The molecule has 1 heterocycles. The molecule has 1 aromatic carbocycles. The number of imide groups is 1. The lowest BCUT2D eigenvalue weighted by Crippen LogP contribution is -2.29. The second kappa shape index (κ2) is 5.22. The van der Waals surface area contributed by atoms with E-state index in [4.69, 9.17) is 0 Å². The third-order valence-electron chi connectivity index (χ3n) is 3.19. The smallest absolute Gasteiger partial charge is 0.259 e. The van der Waals surface area contributed by atoms with Gasteiger partial charge in [0, 0.05) is 13.6 Å². The zero-order chi connectivity index (χ0) is 14.0. The van der Waals surface area contributed by atoms with Crippen molar-refractivity contribution in [2.45, 2.75) is 19.8 Å². The predicted molar refractivity (Wildman–Crippen MR) is 70.1 cm³/mol. The normalized spacial score (nSPS) is 13.2. The summed E-state index contributed by atoms with van der Waals surface area (Å²) >= 11 is 0. The summed E-state index contributed by atoms with van der Waals surface area (Å²) in [5, 5.41) is 2.21. The number of unbranched alkanes of at least 4 members (excludes halogenated alkanes) is 1. The Morgan fingerprint density at radius 2 is 2.00 bits per heavy atom. The van der Waals surface area contributed by atoms with Crippen molar-refractivity contribution < 1.29 is 14.4 Å². The van der Waals surface area contributed by atoms with Gasteiger partial charge in [0.15, 0.2) is 0 Å². The molecule has 0 fully saturated rings. The van der Waals surface area contributed by atoms with Gasteiger partial charge in [-0.3, -0.25) is 19.7 Å². The molecule has 1 aromatic rings. The van der Waals surface area contributed by atoms with Gasteiger partial charge in [-0.2, -0.15) is 0 Å². The third-order valence-corrected chi connectivity index (χ3v) is 3.19. The van der Waals surface area contributed by atoms with E-state index in [2.05, 4.69) is 5.32 Å². The first-order chi connectivity index (χ1) is 9.06. The molecule has 1 aliphatic heterocycles. The lowest BCUT2D eigenvalue weighted by molar-refractivity contribution is 0.0784. The van der Waals surface area contributed by atoms with Gasteiger partial charge in [-0.15, -0.1) is 0 Å². The molecule has 19 heavy (non-hydrogen) atoms. The predicted octanol–water partition coefficient (Wildman–Crippen LogP) is 1.44. The molecule has 5 nitrogen and oxygen atoms in total. The molecule has 1 N–H and O–H groups in total. The van der Waals surface area contributed by atoms with Crippen LogP contribution >= 0.6 is 0 Å². The summed E-state index contributed by atoms with van der Waals surface area (Å²) in [5.74, 6) is -1.16. The van der Waals surface area contributed by atoms with Crippen LogP contribution in [0.2, 0.25) is 0 Å². The van der Waals surface area contributed by atoms with Crippen molar-refractivity contribution in [3.05, 3.63) is 34.9 Å².